The van der Waals surface area contributed by atoms with E-state index in [1.165, 1.54) is 6.20 Å². The minimum absolute atomic E-state index is 0.0485. The molecule has 9 nitrogen and oxygen atoms in total. The van der Waals surface area contributed by atoms with Gasteiger partial charge in [-0.05, 0) is 30.9 Å². The Bertz CT molecular complexity index is 1190. The minimum atomic E-state index is -0.353. The van der Waals surface area contributed by atoms with Gasteiger partial charge in [0, 0.05) is 36.6 Å². The van der Waals surface area contributed by atoms with Crippen LogP contribution in [0.5, 0.6) is 11.5 Å². The van der Waals surface area contributed by atoms with Crippen LogP contribution >= 0.6 is 0 Å². The summed E-state index contributed by atoms with van der Waals surface area (Å²) < 4.78 is 12.4. The van der Waals surface area contributed by atoms with Gasteiger partial charge < -0.3 is 25.2 Å². The molecule has 0 bridgehead atoms. The number of aliphatic hydroxyl groups excluding tert-OH is 1. The number of nitrogens with zero attached hydrogens (tertiary/aromatic N) is 4. The third-order valence-electron chi connectivity index (χ3n) is 5.08. The van der Waals surface area contributed by atoms with E-state index in [-0.39, 0.29) is 24.4 Å². The third-order valence-corrected chi connectivity index (χ3v) is 5.08. The molecule has 1 aromatic carbocycles. The van der Waals surface area contributed by atoms with Gasteiger partial charge in [0.25, 0.3) is 5.91 Å². The zero-order chi connectivity index (χ0) is 24.0. The van der Waals surface area contributed by atoms with Gasteiger partial charge in [0.2, 0.25) is 0 Å². The number of ether oxygens (including phenoxy) is 2. The number of amides is 1. The maximum Gasteiger partial charge on any atom is 0.298 e. The van der Waals surface area contributed by atoms with Crippen LogP contribution in [0.3, 0.4) is 0 Å². The van der Waals surface area contributed by atoms with Crippen molar-refractivity contribution < 1.29 is 19.4 Å². The van der Waals surface area contributed by atoms with Crippen LogP contribution in [0, 0.1) is 30.6 Å². The van der Waals surface area contributed by atoms with Crippen molar-refractivity contribution in [3.05, 3.63) is 53.5 Å². The summed E-state index contributed by atoms with van der Waals surface area (Å²) in [6.45, 7) is 6.02. The van der Waals surface area contributed by atoms with Crippen molar-refractivity contribution in [1.29, 1.82) is 0 Å². The Balaban J connectivity index is 1.95. The fraction of sp³-hybridized carbons (Fsp3) is 0.292. The van der Waals surface area contributed by atoms with Gasteiger partial charge in [-0.2, -0.15) is 5.10 Å². The summed E-state index contributed by atoms with van der Waals surface area (Å²) in [4.78, 5) is 17.7. The van der Waals surface area contributed by atoms with E-state index in [1.54, 1.807) is 42.0 Å². The van der Waals surface area contributed by atoms with E-state index >= 15 is 0 Å². The van der Waals surface area contributed by atoms with Crippen LogP contribution in [0.15, 0.2) is 36.0 Å². The van der Waals surface area contributed by atoms with E-state index in [2.05, 4.69) is 40.4 Å². The summed E-state index contributed by atoms with van der Waals surface area (Å²) in [5, 5.41) is 13.4. The second kappa shape index (κ2) is 10.4. The summed E-state index contributed by atoms with van der Waals surface area (Å²) in [6.07, 6.45) is 1.36. The van der Waals surface area contributed by atoms with E-state index in [1.807, 2.05) is 6.92 Å². The third kappa shape index (κ3) is 5.17. The van der Waals surface area contributed by atoms with E-state index in [0.29, 0.717) is 41.4 Å². The summed E-state index contributed by atoms with van der Waals surface area (Å²) in [5.74, 6) is 12.1. The number of likely N-dealkylation sites (tertiary alicyclic amines) is 1. The number of methoxy groups -OCH3 is 2. The normalized spacial score (nSPS) is 13.2. The maximum atomic E-state index is 12.0. The number of aromatic nitrogens is 2. The van der Waals surface area contributed by atoms with Gasteiger partial charge in [-0.1, -0.05) is 18.4 Å². The Kier molecular flexibility index (Phi) is 7.39. The Morgan fingerprint density at radius 3 is 2.55 bits per heavy atom. The highest BCUT2D eigenvalue weighted by atomic mass is 16.5. The van der Waals surface area contributed by atoms with Crippen molar-refractivity contribution in [2.24, 2.45) is 10.7 Å². The Morgan fingerprint density at radius 1 is 1.30 bits per heavy atom. The fourth-order valence-corrected chi connectivity index (χ4v) is 3.41. The molecule has 1 saturated heterocycles. The number of nitrogens with two attached hydrogens (primary N) is 1. The van der Waals surface area contributed by atoms with Crippen LogP contribution in [-0.4, -0.2) is 65.4 Å². The molecule has 0 atom stereocenters. The molecule has 0 spiro atoms. The Labute approximate surface area is 192 Å². The minimum Gasteiger partial charge on any atom is -0.497 e. The van der Waals surface area contributed by atoms with Crippen molar-refractivity contribution in [2.45, 2.75) is 13.0 Å². The molecule has 1 aliphatic rings. The van der Waals surface area contributed by atoms with Crippen LogP contribution in [0.1, 0.15) is 28.6 Å². The molecule has 9 heteroatoms. The number of rotatable bonds is 5. The van der Waals surface area contributed by atoms with Gasteiger partial charge in [0.1, 0.15) is 29.6 Å². The van der Waals surface area contributed by atoms with Crippen LogP contribution in [-0.2, 0) is 4.79 Å². The number of hydrogen-bond donors (Lipinski definition) is 2. The molecule has 0 aliphatic carbocycles. The first-order valence-corrected chi connectivity index (χ1v) is 10.1. The van der Waals surface area contributed by atoms with Crippen molar-refractivity contribution >= 4 is 11.7 Å². The zero-order valence-corrected chi connectivity index (χ0v) is 18.8. The number of aliphatic hydroxyl groups is 1. The van der Waals surface area contributed by atoms with E-state index in [4.69, 9.17) is 20.3 Å². The number of benzene rings is 1. The monoisotopic (exact) mass is 447 g/mol. The zero-order valence-electron chi connectivity index (χ0n) is 18.8. The number of carbonyl (C=O) groups excluding carboxylic acids is 1. The van der Waals surface area contributed by atoms with Gasteiger partial charge in [0.15, 0.2) is 0 Å². The molecule has 1 amide bonds. The molecular weight excluding hydrogens is 422 g/mol. The molecule has 170 valence electrons. The first kappa shape index (κ1) is 23.5. The lowest BCUT2D eigenvalue weighted by Crippen LogP contribution is -2.50. The average Bonchev–Trinajstić information content (AvgIpc) is 3.10. The maximum absolute atomic E-state index is 12.0. The van der Waals surface area contributed by atoms with Crippen molar-refractivity contribution in [3.8, 4) is 35.2 Å². The van der Waals surface area contributed by atoms with Gasteiger partial charge in [-0.3, -0.25) is 9.48 Å². The Hall–Kier alpha value is -4.21. The Morgan fingerprint density at radius 2 is 1.97 bits per heavy atom. The quantitative estimate of drug-likeness (QED) is 0.399. The molecule has 0 unspecified atom stereocenters. The molecule has 3 rings (SSSR count). The SMILES string of the molecule is C=CN=C(N)c1c(C#Cc2cc(OC)cc(OC)c2)nn(C2CN(C(=O)C#CCO)C2)c1C. The van der Waals surface area contributed by atoms with Gasteiger partial charge >= 0.3 is 0 Å². The highest BCUT2D eigenvalue weighted by Gasteiger charge is 2.34. The molecule has 1 fully saturated rings. The van der Waals surface area contributed by atoms with Crippen LogP contribution in [0.4, 0.5) is 0 Å². The summed E-state index contributed by atoms with van der Waals surface area (Å²) in [7, 11) is 3.15. The van der Waals surface area contributed by atoms with Crippen molar-refractivity contribution in [1.82, 2.24) is 14.7 Å². The average molecular weight is 447 g/mol. The molecule has 2 heterocycles. The van der Waals surface area contributed by atoms with Gasteiger partial charge in [-0.15, -0.1) is 0 Å². The van der Waals surface area contributed by atoms with Crippen molar-refractivity contribution in [3.63, 3.8) is 0 Å². The first-order chi connectivity index (χ1) is 15.9. The number of hydrogen-bond acceptors (Lipinski definition) is 6. The lowest BCUT2D eigenvalue weighted by Gasteiger charge is -2.38. The largest absolute Gasteiger partial charge is 0.497 e. The number of amidine groups is 1. The summed E-state index contributed by atoms with van der Waals surface area (Å²) in [5.41, 5.74) is 8.72. The van der Waals surface area contributed by atoms with E-state index in [0.717, 1.165) is 5.69 Å². The molecule has 33 heavy (non-hydrogen) atoms. The van der Waals surface area contributed by atoms with E-state index in [9.17, 15) is 4.79 Å². The molecule has 3 N–H and O–H groups in total. The molecular formula is C24H25N5O4. The smallest absolute Gasteiger partial charge is 0.298 e. The van der Waals surface area contributed by atoms with Crippen LogP contribution in [0.2, 0.25) is 0 Å². The summed E-state index contributed by atoms with van der Waals surface area (Å²) >= 11 is 0. The second-order valence-corrected chi connectivity index (χ2v) is 7.13. The topological polar surface area (TPSA) is 115 Å². The second-order valence-electron chi connectivity index (χ2n) is 7.13. The van der Waals surface area contributed by atoms with Crippen LogP contribution in [0.25, 0.3) is 0 Å². The number of aliphatic imine (C=N–C) groups is 1. The predicted molar refractivity (Wildman–Crippen MR) is 124 cm³/mol. The van der Waals surface area contributed by atoms with Gasteiger partial charge in [0.05, 0.1) is 25.8 Å². The lowest BCUT2D eigenvalue weighted by atomic mass is 10.1. The first-order valence-electron chi connectivity index (χ1n) is 10.1. The number of carbonyl (C=O) groups is 1. The highest BCUT2D eigenvalue weighted by Crippen LogP contribution is 2.26. The fourth-order valence-electron chi connectivity index (χ4n) is 3.41. The molecule has 1 aromatic heterocycles. The van der Waals surface area contributed by atoms with Crippen LogP contribution < -0.4 is 15.2 Å². The molecule has 0 saturated carbocycles. The van der Waals surface area contributed by atoms with Gasteiger partial charge in [-0.25, -0.2) is 4.99 Å². The van der Waals surface area contributed by atoms with Crippen molar-refractivity contribution in [2.75, 3.05) is 33.9 Å². The highest BCUT2D eigenvalue weighted by molar-refractivity contribution is 6.00. The predicted octanol–water partition coefficient (Wildman–Crippen LogP) is 0.836. The standard InChI is InChI=1S/C24H25N5O4/c1-5-26-24(25)23-16(2)29(18-14-28(15-18)22(31)7-6-10-30)27-21(23)9-8-17-11-19(32-3)13-20(12-17)33-4/h5,11-13,18,30H,1,10,14-15H2,2-4H3,(H2,25,26). The molecule has 0 radical (unpaired) electrons. The summed E-state index contributed by atoms with van der Waals surface area (Å²) in [6, 6.07) is 5.30. The molecule has 2 aromatic rings. The molecule has 1 aliphatic heterocycles. The van der Waals surface area contributed by atoms with E-state index < -0.39 is 0 Å². The lowest BCUT2D eigenvalue weighted by molar-refractivity contribution is -0.130.